The number of fused-ring (bicyclic) bond motifs is 1. The van der Waals surface area contributed by atoms with Crippen molar-refractivity contribution in [2.45, 2.75) is 6.92 Å². The summed E-state index contributed by atoms with van der Waals surface area (Å²) < 4.78 is 0. The highest BCUT2D eigenvalue weighted by molar-refractivity contribution is 6.32. The highest BCUT2D eigenvalue weighted by atomic mass is 35.5. The predicted molar refractivity (Wildman–Crippen MR) is 98.0 cm³/mol. The molecule has 1 aromatic heterocycles. The maximum atomic E-state index is 12.0. The Morgan fingerprint density at radius 2 is 1.88 bits per heavy atom. The molecular formula is C18H13Cl2N3O. The Balaban J connectivity index is 1.77. The lowest BCUT2D eigenvalue weighted by Gasteiger charge is -2.03. The molecule has 24 heavy (non-hydrogen) atoms. The van der Waals surface area contributed by atoms with E-state index >= 15 is 0 Å². The highest BCUT2D eigenvalue weighted by Crippen LogP contribution is 2.20. The Morgan fingerprint density at radius 1 is 1.12 bits per heavy atom. The summed E-state index contributed by atoms with van der Waals surface area (Å²) in [7, 11) is 0. The number of hydrogen-bond acceptors (Lipinski definition) is 3. The normalized spacial score (nSPS) is 11.1. The second kappa shape index (κ2) is 6.99. The van der Waals surface area contributed by atoms with Gasteiger partial charge in [0.15, 0.2) is 0 Å². The largest absolute Gasteiger partial charge is 0.271 e. The molecule has 3 rings (SSSR count). The molecule has 0 aliphatic rings. The van der Waals surface area contributed by atoms with Crippen LogP contribution in [0, 0.1) is 6.92 Å². The molecule has 2 aromatic carbocycles. The minimum absolute atomic E-state index is 0.330. The van der Waals surface area contributed by atoms with Crippen molar-refractivity contribution < 1.29 is 4.79 Å². The molecule has 1 N–H and O–H groups in total. The quantitative estimate of drug-likeness (QED) is 0.422. The zero-order chi connectivity index (χ0) is 17.1. The van der Waals surface area contributed by atoms with Gasteiger partial charge < -0.3 is 0 Å². The average molecular weight is 358 g/mol. The zero-order valence-electron chi connectivity index (χ0n) is 12.8. The predicted octanol–water partition coefficient (Wildman–Crippen LogP) is 4.61. The van der Waals surface area contributed by atoms with Crippen LogP contribution in [0.1, 0.15) is 21.5 Å². The highest BCUT2D eigenvalue weighted by Gasteiger charge is 2.05. The van der Waals surface area contributed by atoms with E-state index in [0.717, 1.165) is 16.5 Å². The molecule has 0 spiro atoms. The molecule has 6 heteroatoms. The van der Waals surface area contributed by atoms with E-state index in [1.165, 1.54) is 6.21 Å². The van der Waals surface area contributed by atoms with Crippen LogP contribution >= 0.6 is 23.2 Å². The summed E-state index contributed by atoms with van der Waals surface area (Å²) in [6.45, 7) is 2.00. The van der Waals surface area contributed by atoms with Gasteiger partial charge in [-0.25, -0.2) is 10.4 Å². The number of amides is 1. The molecule has 1 heterocycles. The minimum Gasteiger partial charge on any atom is -0.267 e. The fraction of sp³-hybridized carbons (Fsp3) is 0.0556. The number of hydrogen-bond donors (Lipinski definition) is 1. The van der Waals surface area contributed by atoms with Gasteiger partial charge >= 0.3 is 0 Å². The maximum absolute atomic E-state index is 12.0. The summed E-state index contributed by atoms with van der Waals surface area (Å²) in [5, 5.41) is 5.80. The van der Waals surface area contributed by atoms with Crippen LogP contribution in [0.2, 0.25) is 10.2 Å². The van der Waals surface area contributed by atoms with E-state index in [-0.39, 0.29) is 5.91 Å². The standard InChI is InChI=1S/C18H13Cl2N3O/c1-11-2-3-13-9-14(17(20)22-16(13)8-11)10-21-23-18(24)12-4-6-15(19)7-5-12/h2-10H,1H3,(H,23,24)/b21-10+. The number of carbonyl (C=O) groups excluding carboxylic acids is 1. The Morgan fingerprint density at radius 3 is 2.62 bits per heavy atom. The first-order valence-electron chi connectivity index (χ1n) is 7.19. The molecule has 4 nitrogen and oxygen atoms in total. The molecule has 120 valence electrons. The van der Waals surface area contributed by atoms with E-state index in [4.69, 9.17) is 23.2 Å². The number of aryl methyl sites for hydroxylation is 1. The number of benzene rings is 2. The number of nitrogens with one attached hydrogen (secondary N) is 1. The summed E-state index contributed by atoms with van der Waals surface area (Å²) in [5.74, 6) is -0.330. The van der Waals surface area contributed by atoms with E-state index in [0.29, 0.717) is 21.3 Å². The van der Waals surface area contributed by atoms with Crippen molar-refractivity contribution in [3.63, 3.8) is 0 Å². The first-order valence-corrected chi connectivity index (χ1v) is 7.94. The molecule has 0 radical (unpaired) electrons. The van der Waals surface area contributed by atoms with Gasteiger partial charge in [0.05, 0.1) is 11.7 Å². The molecule has 0 saturated heterocycles. The number of halogens is 2. The van der Waals surface area contributed by atoms with Gasteiger partial charge in [0.2, 0.25) is 0 Å². The van der Waals surface area contributed by atoms with Crippen molar-refractivity contribution in [3.8, 4) is 0 Å². The number of pyridine rings is 1. The average Bonchev–Trinajstić information content (AvgIpc) is 2.56. The number of rotatable bonds is 3. The minimum atomic E-state index is -0.330. The Kier molecular flexibility index (Phi) is 4.79. The number of carbonyl (C=O) groups is 1. The van der Waals surface area contributed by atoms with Gasteiger partial charge in [-0.05, 0) is 48.9 Å². The van der Waals surface area contributed by atoms with Crippen molar-refractivity contribution in [2.75, 3.05) is 0 Å². The summed E-state index contributed by atoms with van der Waals surface area (Å²) >= 11 is 12.0. The topological polar surface area (TPSA) is 54.4 Å². The van der Waals surface area contributed by atoms with Crippen LogP contribution < -0.4 is 5.43 Å². The number of hydrazone groups is 1. The van der Waals surface area contributed by atoms with E-state index < -0.39 is 0 Å². The Bertz CT molecular complexity index is 937. The van der Waals surface area contributed by atoms with Crippen LogP contribution in [-0.4, -0.2) is 17.1 Å². The van der Waals surface area contributed by atoms with Gasteiger partial charge in [0.1, 0.15) is 5.15 Å². The van der Waals surface area contributed by atoms with Crippen molar-refractivity contribution in [2.24, 2.45) is 5.10 Å². The fourth-order valence-corrected chi connectivity index (χ4v) is 2.51. The Hall–Kier alpha value is -2.43. The molecule has 0 fully saturated rings. The second-order valence-electron chi connectivity index (χ2n) is 5.27. The van der Waals surface area contributed by atoms with Crippen molar-refractivity contribution in [1.29, 1.82) is 0 Å². The summed E-state index contributed by atoms with van der Waals surface area (Å²) in [4.78, 5) is 16.3. The monoisotopic (exact) mass is 357 g/mol. The second-order valence-corrected chi connectivity index (χ2v) is 6.07. The third-order valence-electron chi connectivity index (χ3n) is 3.43. The van der Waals surface area contributed by atoms with Gasteiger partial charge in [0, 0.05) is 21.5 Å². The van der Waals surface area contributed by atoms with Crippen molar-refractivity contribution in [1.82, 2.24) is 10.4 Å². The van der Waals surface area contributed by atoms with E-state index in [1.54, 1.807) is 24.3 Å². The third kappa shape index (κ3) is 3.72. The molecule has 1 amide bonds. The van der Waals surface area contributed by atoms with Crippen LogP contribution in [0.3, 0.4) is 0 Å². The summed E-state index contributed by atoms with van der Waals surface area (Å²) in [6.07, 6.45) is 1.47. The van der Waals surface area contributed by atoms with Crippen LogP contribution in [0.4, 0.5) is 0 Å². The first-order chi connectivity index (χ1) is 11.5. The third-order valence-corrected chi connectivity index (χ3v) is 3.98. The molecule has 0 saturated carbocycles. The van der Waals surface area contributed by atoms with Crippen molar-refractivity contribution >= 4 is 46.2 Å². The van der Waals surface area contributed by atoms with Crippen LogP contribution in [0.15, 0.2) is 53.6 Å². The molecule has 0 atom stereocenters. The number of nitrogens with zero attached hydrogens (tertiary/aromatic N) is 2. The molecular weight excluding hydrogens is 345 g/mol. The van der Waals surface area contributed by atoms with Gasteiger partial charge in [0.25, 0.3) is 5.91 Å². The maximum Gasteiger partial charge on any atom is 0.271 e. The van der Waals surface area contributed by atoms with Crippen LogP contribution in [0.5, 0.6) is 0 Å². The summed E-state index contributed by atoms with van der Waals surface area (Å²) in [5.41, 5.74) is 5.48. The molecule has 0 aliphatic carbocycles. The molecule has 0 unspecified atom stereocenters. The number of aromatic nitrogens is 1. The van der Waals surface area contributed by atoms with Crippen LogP contribution in [-0.2, 0) is 0 Å². The lowest BCUT2D eigenvalue weighted by molar-refractivity contribution is 0.0955. The van der Waals surface area contributed by atoms with E-state index in [1.807, 2.05) is 31.2 Å². The van der Waals surface area contributed by atoms with E-state index in [9.17, 15) is 4.79 Å². The Labute approximate surface area is 149 Å². The molecule has 0 aliphatic heterocycles. The zero-order valence-corrected chi connectivity index (χ0v) is 14.3. The SMILES string of the molecule is Cc1ccc2cc(/C=N/NC(=O)c3ccc(Cl)cc3)c(Cl)nc2c1. The first kappa shape index (κ1) is 16.4. The molecule has 3 aromatic rings. The van der Waals surface area contributed by atoms with Gasteiger partial charge in [-0.2, -0.15) is 5.10 Å². The van der Waals surface area contributed by atoms with Gasteiger partial charge in [-0.1, -0.05) is 35.3 Å². The van der Waals surface area contributed by atoms with Crippen molar-refractivity contribution in [3.05, 3.63) is 75.4 Å². The fourth-order valence-electron chi connectivity index (χ4n) is 2.19. The van der Waals surface area contributed by atoms with E-state index in [2.05, 4.69) is 15.5 Å². The summed E-state index contributed by atoms with van der Waals surface area (Å²) in [6, 6.07) is 14.4. The lowest BCUT2D eigenvalue weighted by atomic mass is 10.1. The molecule has 0 bridgehead atoms. The van der Waals surface area contributed by atoms with Gasteiger partial charge in [-0.3, -0.25) is 4.79 Å². The van der Waals surface area contributed by atoms with Crippen LogP contribution in [0.25, 0.3) is 10.9 Å². The van der Waals surface area contributed by atoms with Gasteiger partial charge in [-0.15, -0.1) is 0 Å². The smallest absolute Gasteiger partial charge is 0.267 e. The lowest BCUT2D eigenvalue weighted by Crippen LogP contribution is -2.17.